The van der Waals surface area contributed by atoms with E-state index in [4.69, 9.17) is 0 Å². The Morgan fingerprint density at radius 3 is 2.79 bits per heavy atom. The van der Waals surface area contributed by atoms with Crippen LogP contribution in [0.25, 0.3) is 0 Å². The highest BCUT2D eigenvalue weighted by Crippen LogP contribution is 2.11. The second kappa shape index (κ2) is 6.61. The SMILES string of the molecule is CNCCc1ccccc1C(=O)Nc1cccnn1. The van der Waals surface area contributed by atoms with Crippen LogP contribution >= 0.6 is 0 Å². The summed E-state index contributed by atoms with van der Waals surface area (Å²) in [5.41, 5.74) is 1.68. The fourth-order valence-electron chi connectivity index (χ4n) is 1.77. The minimum atomic E-state index is -0.160. The van der Waals surface area contributed by atoms with Crippen LogP contribution in [0.2, 0.25) is 0 Å². The van der Waals surface area contributed by atoms with Crippen molar-refractivity contribution in [3.05, 3.63) is 53.7 Å². The summed E-state index contributed by atoms with van der Waals surface area (Å²) in [5, 5.41) is 13.4. The zero-order chi connectivity index (χ0) is 13.5. The summed E-state index contributed by atoms with van der Waals surface area (Å²) in [4.78, 5) is 12.2. The number of rotatable bonds is 5. The molecule has 1 heterocycles. The van der Waals surface area contributed by atoms with Crippen molar-refractivity contribution >= 4 is 11.7 Å². The summed E-state index contributed by atoms with van der Waals surface area (Å²) in [7, 11) is 1.89. The molecular formula is C14H16N4O. The van der Waals surface area contributed by atoms with Crippen LogP contribution in [0.3, 0.4) is 0 Å². The molecule has 98 valence electrons. The normalized spacial score (nSPS) is 10.2. The van der Waals surface area contributed by atoms with E-state index < -0.39 is 0 Å². The third kappa shape index (κ3) is 3.59. The van der Waals surface area contributed by atoms with Gasteiger partial charge in [-0.1, -0.05) is 18.2 Å². The molecule has 5 heteroatoms. The molecule has 19 heavy (non-hydrogen) atoms. The number of carbonyl (C=O) groups excluding carboxylic acids is 1. The number of aromatic nitrogens is 2. The Morgan fingerprint density at radius 1 is 1.21 bits per heavy atom. The van der Waals surface area contributed by atoms with Gasteiger partial charge in [0, 0.05) is 11.8 Å². The Balaban J connectivity index is 2.14. The third-order valence-corrected chi connectivity index (χ3v) is 2.72. The number of benzene rings is 1. The standard InChI is InChI=1S/C14H16N4O/c1-15-10-8-11-5-2-3-6-12(11)14(19)17-13-7-4-9-16-18-13/h2-7,9,15H,8,10H2,1H3,(H,17,18,19). The van der Waals surface area contributed by atoms with E-state index in [-0.39, 0.29) is 5.91 Å². The van der Waals surface area contributed by atoms with Crippen LogP contribution in [0.15, 0.2) is 42.6 Å². The van der Waals surface area contributed by atoms with Crippen LogP contribution in [-0.2, 0) is 6.42 Å². The van der Waals surface area contributed by atoms with Crippen molar-refractivity contribution < 1.29 is 4.79 Å². The molecule has 0 fully saturated rings. The maximum absolute atomic E-state index is 12.2. The van der Waals surface area contributed by atoms with E-state index in [2.05, 4.69) is 20.8 Å². The van der Waals surface area contributed by atoms with E-state index in [9.17, 15) is 4.79 Å². The number of hydrogen-bond acceptors (Lipinski definition) is 4. The monoisotopic (exact) mass is 256 g/mol. The van der Waals surface area contributed by atoms with E-state index in [0.29, 0.717) is 11.4 Å². The number of nitrogens with zero attached hydrogens (tertiary/aromatic N) is 2. The second-order valence-corrected chi connectivity index (χ2v) is 4.07. The highest BCUT2D eigenvalue weighted by Gasteiger charge is 2.11. The summed E-state index contributed by atoms with van der Waals surface area (Å²) in [6, 6.07) is 11.0. The molecule has 2 rings (SSSR count). The van der Waals surface area contributed by atoms with Gasteiger partial charge in [-0.25, -0.2) is 0 Å². The van der Waals surface area contributed by atoms with Gasteiger partial charge in [-0.15, -0.1) is 5.10 Å². The zero-order valence-corrected chi connectivity index (χ0v) is 10.8. The summed E-state index contributed by atoms with van der Waals surface area (Å²) in [6.07, 6.45) is 2.37. The highest BCUT2D eigenvalue weighted by atomic mass is 16.1. The van der Waals surface area contributed by atoms with Crippen LogP contribution in [0.4, 0.5) is 5.82 Å². The lowest BCUT2D eigenvalue weighted by molar-refractivity contribution is 0.102. The van der Waals surface area contributed by atoms with Crippen molar-refractivity contribution in [1.82, 2.24) is 15.5 Å². The van der Waals surface area contributed by atoms with Crippen molar-refractivity contribution in [2.45, 2.75) is 6.42 Å². The molecule has 0 saturated carbocycles. The Morgan fingerprint density at radius 2 is 2.05 bits per heavy atom. The Kier molecular flexibility index (Phi) is 4.58. The predicted molar refractivity (Wildman–Crippen MR) is 74.1 cm³/mol. The van der Waals surface area contributed by atoms with Crippen molar-refractivity contribution in [3.8, 4) is 0 Å². The van der Waals surface area contributed by atoms with Crippen LogP contribution in [0.5, 0.6) is 0 Å². The summed E-state index contributed by atoms with van der Waals surface area (Å²) in [5.74, 6) is 0.295. The van der Waals surface area contributed by atoms with Gasteiger partial charge in [-0.2, -0.15) is 5.10 Å². The van der Waals surface area contributed by atoms with Crippen LogP contribution in [0, 0.1) is 0 Å². The highest BCUT2D eigenvalue weighted by molar-refractivity contribution is 6.04. The van der Waals surface area contributed by atoms with Gasteiger partial charge in [0.25, 0.3) is 5.91 Å². The molecule has 0 bridgehead atoms. The quantitative estimate of drug-likeness (QED) is 0.850. The fraction of sp³-hybridized carbons (Fsp3) is 0.214. The zero-order valence-electron chi connectivity index (χ0n) is 10.8. The molecule has 1 aromatic heterocycles. The molecular weight excluding hydrogens is 240 g/mol. The minimum absolute atomic E-state index is 0.160. The van der Waals surface area contributed by atoms with E-state index in [1.807, 2.05) is 31.3 Å². The average molecular weight is 256 g/mol. The first kappa shape index (κ1) is 13.2. The molecule has 2 N–H and O–H groups in total. The van der Waals surface area contributed by atoms with E-state index >= 15 is 0 Å². The van der Waals surface area contributed by atoms with Gasteiger partial charge in [0.1, 0.15) is 0 Å². The molecule has 1 amide bonds. The maximum Gasteiger partial charge on any atom is 0.257 e. The molecule has 1 aromatic carbocycles. The lowest BCUT2D eigenvalue weighted by Crippen LogP contribution is -2.17. The van der Waals surface area contributed by atoms with Crippen molar-refractivity contribution in [2.75, 3.05) is 18.9 Å². The fourth-order valence-corrected chi connectivity index (χ4v) is 1.77. The van der Waals surface area contributed by atoms with Crippen LogP contribution in [0.1, 0.15) is 15.9 Å². The van der Waals surface area contributed by atoms with Gasteiger partial charge in [0.15, 0.2) is 5.82 Å². The number of likely N-dealkylation sites (N-methyl/N-ethyl adjacent to an activating group) is 1. The first-order chi connectivity index (χ1) is 9.31. The Labute approximate surface area is 112 Å². The van der Waals surface area contributed by atoms with E-state index in [0.717, 1.165) is 18.5 Å². The molecule has 0 aliphatic carbocycles. The number of nitrogens with one attached hydrogen (secondary N) is 2. The molecule has 0 saturated heterocycles. The lowest BCUT2D eigenvalue weighted by Gasteiger charge is -2.09. The average Bonchev–Trinajstić information content (AvgIpc) is 2.46. The molecule has 0 aliphatic rings. The van der Waals surface area contributed by atoms with Crippen molar-refractivity contribution in [2.24, 2.45) is 0 Å². The Bertz CT molecular complexity index is 542. The largest absolute Gasteiger partial charge is 0.319 e. The van der Waals surface area contributed by atoms with Gasteiger partial charge in [-0.3, -0.25) is 4.79 Å². The van der Waals surface area contributed by atoms with Gasteiger partial charge >= 0.3 is 0 Å². The first-order valence-corrected chi connectivity index (χ1v) is 6.13. The lowest BCUT2D eigenvalue weighted by atomic mass is 10.0. The molecule has 0 spiro atoms. The molecule has 0 aliphatic heterocycles. The predicted octanol–water partition coefficient (Wildman–Crippen LogP) is 1.49. The van der Waals surface area contributed by atoms with Gasteiger partial charge < -0.3 is 10.6 Å². The number of anilines is 1. The molecule has 0 unspecified atom stereocenters. The molecule has 0 atom stereocenters. The summed E-state index contributed by atoms with van der Waals surface area (Å²) in [6.45, 7) is 0.829. The van der Waals surface area contributed by atoms with Gasteiger partial charge in [0.05, 0.1) is 0 Å². The van der Waals surface area contributed by atoms with Gasteiger partial charge in [-0.05, 0) is 43.8 Å². The molecule has 0 radical (unpaired) electrons. The second-order valence-electron chi connectivity index (χ2n) is 4.07. The first-order valence-electron chi connectivity index (χ1n) is 6.13. The van der Waals surface area contributed by atoms with E-state index in [1.54, 1.807) is 18.3 Å². The molecule has 2 aromatic rings. The number of hydrogen-bond donors (Lipinski definition) is 2. The summed E-state index contributed by atoms with van der Waals surface area (Å²) >= 11 is 0. The van der Waals surface area contributed by atoms with Crippen molar-refractivity contribution in [3.63, 3.8) is 0 Å². The number of carbonyl (C=O) groups is 1. The number of amides is 1. The van der Waals surface area contributed by atoms with Crippen molar-refractivity contribution in [1.29, 1.82) is 0 Å². The maximum atomic E-state index is 12.2. The third-order valence-electron chi connectivity index (χ3n) is 2.72. The topological polar surface area (TPSA) is 66.9 Å². The van der Waals surface area contributed by atoms with Crippen LogP contribution < -0.4 is 10.6 Å². The van der Waals surface area contributed by atoms with Crippen LogP contribution in [-0.4, -0.2) is 29.7 Å². The smallest absolute Gasteiger partial charge is 0.257 e. The Hall–Kier alpha value is -2.27. The molecule has 5 nitrogen and oxygen atoms in total. The summed E-state index contributed by atoms with van der Waals surface area (Å²) < 4.78 is 0. The van der Waals surface area contributed by atoms with E-state index in [1.165, 1.54) is 0 Å². The minimum Gasteiger partial charge on any atom is -0.319 e. The van der Waals surface area contributed by atoms with Gasteiger partial charge in [0.2, 0.25) is 0 Å².